The summed E-state index contributed by atoms with van der Waals surface area (Å²) in [5.41, 5.74) is 1.43. The Morgan fingerprint density at radius 1 is 0.667 bits per heavy atom. The minimum absolute atomic E-state index is 0.0427. The van der Waals surface area contributed by atoms with E-state index in [1.165, 1.54) is 6.07 Å². The number of aromatic nitrogens is 2. The molecule has 0 aliphatic carbocycles. The topological polar surface area (TPSA) is 59.9 Å². The predicted molar refractivity (Wildman–Crippen MR) is 96.5 cm³/mol. The molecule has 2 heterocycles. The van der Waals surface area contributed by atoms with E-state index in [2.05, 4.69) is 9.97 Å². The second kappa shape index (κ2) is 5.89. The van der Waals surface area contributed by atoms with Crippen LogP contribution in [0.15, 0.2) is 82.8 Å². The van der Waals surface area contributed by atoms with Crippen molar-refractivity contribution in [3.63, 3.8) is 0 Å². The first-order valence-electron chi connectivity index (χ1n) is 7.28. The zero-order chi connectivity index (χ0) is 16.6. The van der Waals surface area contributed by atoms with Gasteiger partial charge < -0.3 is 0 Å². The van der Waals surface area contributed by atoms with Gasteiger partial charge in [-0.25, -0.2) is 18.4 Å². The van der Waals surface area contributed by atoms with Crippen molar-refractivity contribution in [3.8, 4) is 0 Å². The number of pyridine rings is 2. The zero-order valence-electron chi connectivity index (χ0n) is 12.5. The van der Waals surface area contributed by atoms with Gasteiger partial charge in [-0.1, -0.05) is 42.5 Å². The fourth-order valence-corrected chi connectivity index (χ4v) is 4.94. The van der Waals surface area contributed by atoms with E-state index in [1.54, 1.807) is 18.2 Å². The van der Waals surface area contributed by atoms with Crippen molar-refractivity contribution >= 4 is 41.5 Å². The molecule has 0 unspecified atom stereocenters. The van der Waals surface area contributed by atoms with Gasteiger partial charge in [0.05, 0.1) is 11.0 Å². The number of nitrogens with zero attached hydrogens (tertiary/aromatic N) is 2. The third kappa shape index (κ3) is 2.86. The van der Waals surface area contributed by atoms with E-state index in [1.807, 2.05) is 48.5 Å². The van der Waals surface area contributed by atoms with Crippen molar-refractivity contribution in [2.24, 2.45) is 0 Å². The normalized spacial score (nSPS) is 11.8. The zero-order valence-corrected chi connectivity index (χ0v) is 14.1. The summed E-state index contributed by atoms with van der Waals surface area (Å²) in [4.78, 5) is 8.67. The SMILES string of the molecule is O=S(=O)(Sc1ccc2ccccc2n1)c1ccc2ccccc2n1. The average Bonchev–Trinajstić information content (AvgIpc) is 2.61. The summed E-state index contributed by atoms with van der Waals surface area (Å²) in [6, 6.07) is 21.9. The first kappa shape index (κ1) is 15.1. The van der Waals surface area contributed by atoms with Crippen LogP contribution in [0.1, 0.15) is 0 Å². The molecule has 0 aliphatic rings. The Labute approximate surface area is 142 Å². The molecule has 0 radical (unpaired) electrons. The van der Waals surface area contributed by atoms with Crippen molar-refractivity contribution in [2.45, 2.75) is 10.1 Å². The van der Waals surface area contributed by atoms with Gasteiger partial charge in [-0.2, -0.15) is 0 Å². The molecular weight excluding hydrogens is 340 g/mol. The monoisotopic (exact) mass is 352 g/mol. The van der Waals surface area contributed by atoms with Crippen LogP contribution < -0.4 is 0 Å². The minimum Gasteiger partial charge on any atom is -0.240 e. The number of benzene rings is 2. The molecule has 2 aromatic heterocycles. The first-order valence-corrected chi connectivity index (χ1v) is 10.1. The Hall–Kier alpha value is -2.44. The molecule has 6 heteroatoms. The fraction of sp³-hybridized carbons (Fsp3) is 0. The molecule has 0 atom stereocenters. The molecule has 24 heavy (non-hydrogen) atoms. The molecule has 0 spiro atoms. The van der Waals surface area contributed by atoms with E-state index in [-0.39, 0.29) is 5.03 Å². The summed E-state index contributed by atoms with van der Waals surface area (Å²) in [7, 11) is -2.91. The maximum Gasteiger partial charge on any atom is 0.253 e. The van der Waals surface area contributed by atoms with Crippen LogP contribution in [0.2, 0.25) is 0 Å². The van der Waals surface area contributed by atoms with Crippen LogP contribution in [0.25, 0.3) is 21.8 Å². The minimum atomic E-state index is -3.63. The molecule has 0 fully saturated rings. The van der Waals surface area contributed by atoms with Crippen LogP contribution in [0.4, 0.5) is 0 Å². The van der Waals surface area contributed by atoms with E-state index < -0.39 is 8.87 Å². The second-order valence-corrected chi connectivity index (χ2v) is 8.95. The van der Waals surface area contributed by atoms with E-state index >= 15 is 0 Å². The number of para-hydroxylation sites is 2. The van der Waals surface area contributed by atoms with Gasteiger partial charge >= 0.3 is 0 Å². The first-order chi connectivity index (χ1) is 11.6. The van der Waals surface area contributed by atoms with Gasteiger partial charge in [0.15, 0.2) is 5.03 Å². The third-order valence-electron chi connectivity index (χ3n) is 3.60. The molecule has 0 amide bonds. The van der Waals surface area contributed by atoms with Gasteiger partial charge in [0, 0.05) is 21.6 Å². The summed E-state index contributed by atoms with van der Waals surface area (Å²) in [5.74, 6) is 0. The van der Waals surface area contributed by atoms with Crippen molar-refractivity contribution in [1.29, 1.82) is 0 Å². The predicted octanol–water partition coefficient (Wildman–Crippen LogP) is 4.26. The molecule has 4 nitrogen and oxygen atoms in total. The smallest absolute Gasteiger partial charge is 0.240 e. The van der Waals surface area contributed by atoms with Gasteiger partial charge in [0.1, 0.15) is 5.03 Å². The van der Waals surface area contributed by atoms with E-state index in [0.29, 0.717) is 10.5 Å². The molecule has 4 aromatic rings. The molecule has 2 aromatic carbocycles. The van der Waals surface area contributed by atoms with Gasteiger partial charge in [0.25, 0.3) is 8.87 Å². The lowest BCUT2D eigenvalue weighted by Crippen LogP contribution is -1.99. The van der Waals surface area contributed by atoms with Gasteiger partial charge in [-0.15, -0.1) is 0 Å². The molecule has 0 saturated carbocycles. The molecule has 4 rings (SSSR count). The Balaban J connectivity index is 1.72. The van der Waals surface area contributed by atoms with Gasteiger partial charge in [0.2, 0.25) is 0 Å². The molecule has 0 bridgehead atoms. The highest BCUT2D eigenvalue weighted by molar-refractivity contribution is 8.72. The maximum atomic E-state index is 12.6. The van der Waals surface area contributed by atoms with Gasteiger partial charge in [-0.3, -0.25) is 0 Å². The van der Waals surface area contributed by atoms with Crippen LogP contribution in [0, 0.1) is 0 Å². The highest BCUT2D eigenvalue weighted by atomic mass is 33.1. The number of hydrogen-bond acceptors (Lipinski definition) is 5. The third-order valence-corrected chi connectivity index (χ3v) is 6.64. The molecule has 0 N–H and O–H groups in total. The largest absolute Gasteiger partial charge is 0.253 e. The quantitative estimate of drug-likeness (QED) is 0.516. The molecule has 118 valence electrons. The fourth-order valence-electron chi connectivity index (χ4n) is 2.44. The maximum absolute atomic E-state index is 12.6. The van der Waals surface area contributed by atoms with Crippen LogP contribution in [-0.2, 0) is 8.87 Å². The molecule has 0 saturated heterocycles. The summed E-state index contributed by atoms with van der Waals surface area (Å²) in [6.07, 6.45) is 0. The lowest BCUT2D eigenvalue weighted by Gasteiger charge is -2.05. The molecule has 0 aliphatic heterocycles. The number of hydrogen-bond donors (Lipinski definition) is 0. The summed E-state index contributed by atoms with van der Waals surface area (Å²) in [6.45, 7) is 0. The van der Waals surface area contributed by atoms with Crippen molar-refractivity contribution < 1.29 is 8.42 Å². The molecular formula is C18H12N2O2S2. The highest BCUT2D eigenvalue weighted by Crippen LogP contribution is 2.30. The summed E-state index contributed by atoms with van der Waals surface area (Å²) < 4.78 is 25.3. The van der Waals surface area contributed by atoms with Crippen molar-refractivity contribution in [1.82, 2.24) is 9.97 Å². The van der Waals surface area contributed by atoms with E-state index in [4.69, 9.17) is 0 Å². The Bertz CT molecular complexity index is 1160. The lowest BCUT2D eigenvalue weighted by molar-refractivity contribution is 0.607. The van der Waals surface area contributed by atoms with Crippen LogP contribution in [0.3, 0.4) is 0 Å². The van der Waals surface area contributed by atoms with Crippen LogP contribution >= 0.6 is 10.8 Å². The number of fused-ring (bicyclic) bond motifs is 2. The van der Waals surface area contributed by atoms with E-state index in [9.17, 15) is 8.42 Å². The Morgan fingerprint density at radius 2 is 1.25 bits per heavy atom. The standard InChI is InChI=1S/C18H12N2O2S2/c21-24(22,18-12-10-14-6-2-4-8-16(14)20-18)23-17-11-9-13-5-1-3-7-15(13)19-17/h1-12H. The van der Waals surface area contributed by atoms with Crippen molar-refractivity contribution in [2.75, 3.05) is 0 Å². The van der Waals surface area contributed by atoms with Crippen LogP contribution in [-0.4, -0.2) is 18.4 Å². The lowest BCUT2D eigenvalue weighted by atomic mass is 10.2. The Morgan fingerprint density at radius 3 is 1.96 bits per heavy atom. The van der Waals surface area contributed by atoms with E-state index in [0.717, 1.165) is 27.1 Å². The summed E-state index contributed by atoms with van der Waals surface area (Å²) in [5, 5.41) is 2.36. The highest BCUT2D eigenvalue weighted by Gasteiger charge is 2.19. The van der Waals surface area contributed by atoms with Gasteiger partial charge in [-0.05, 0) is 30.3 Å². The number of rotatable bonds is 3. The van der Waals surface area contributed by atoms with Crippen LogP contribution in [0.5, 0.6) is 0 Å². The van der Waals surface area contributed by atoms with Crippen molar-refractivity contribution in [3.05, 3.63) is 72.8 Å². The second-order valence-electron chi connectivity index (χ2n) is 5.22. The Kier molecular flexibility index (Phi) is 3.70. The average molecular weight is 352 g/mol. The summed E-state index contributed by atoms with van der Waals surface area (Å²) >= 11 is 0.